The molecule has 1 aromatic carbocycles. The molecule has 0 aliphatic carbocycles. The second-order valence-corrected chi connectivity index (χ2v) is 5.51. The van der Waals surface area contributed by atoms with Gasteiger partial charge in [0.25, 0.3) is 0 Å². The predicted octanol–water partition coefficient (Wildman–Crippen LogP) is 1.84. The minimum Gasteiger partial charge on any atom is -0.483 e. The molecule has 0 saturated carbocycles. The maximum atomic E-state index is 11.9. The average molecular weight is 282 g/mol. The van der Waals surface area contributed by atoms with Crippen LogP contribution in [0.25, 0.3) is 0 Å². The molecule has 4 nitrogen and oxygen atoms in total. The number of halogens is 3. The first kappa shape index (κ1) is 14.5. The van der Waals surface area contributed by atoms with Gasteiger partial charge in [-0.05, 0) is 18.2 Å². The van der Waals surface area contributed by atoms with Crippen LogP contribution in [-0.2, 0) is 9.84 Å². The van der Waals surface area contributed by atoms with Gasteiger partial charge in [-0.2, -0.15) is 13.2 Å². The zero-order chi connectivity index (χ0) is 14.0. The normalized spacial score (nSPS) is 12.2. The highest BCUT2D eigenvalue weighted by Gasteiger charge is 2.29. The van der Waals surface area contributed by atoms with Crippen LogP contribution < -0.4 is 4.74 Å². The first-order valence-corrected chi connectivity index (χ1v) is 6.51. The molecule has 0 atom stereocenters. The van der Waals surface area contributed by atoms with Crippen molar-refractivity contribution in [3.63, 3.8) is 0 Å². The van der Waals surface area contributed by atoms with Gasteiger partial charge in [-0.3, -0.25) is 4.79 Å². The Morgan fingerprint density at radius 1 is 1.33 bits per heavy atom. The Hall–Kier alpha value is -1.57. The predicted molar refractivity (Wildman–Crippen MR) is 56.5 cm³/mol. The third-order valence-corrected chi connectivity index (χ3v) is 3.04. The van der Waals surface area contributed by atoms with Crippen molar-refractivity contribution in [1.29, 1.82) is 0 Å². The van der Waals surface area contributed by atoms with E-state index in [0.29, 0.717) is 0 Å². The van der Waals surface area contributed by atoms with Gasteiger partial charge in [-0.15, -0.1) is 0 Å². The summed E-state index contributed by atoms with van der Waals surface area (Å²) in [6, 6.07) is 3.06. The summed E-state index contributed by atoms with van der Waals surface area (Å²) in [4.78, 5) is 10.5. The fourth-order valence-corrected chi connectivity index (χ4v) is 1.80. The van der Waals surface area contributed by atoms with Gasteiger partial charge in [0.05, 0.1) is 10.5 Å². The molecule has 100 valence electrons. The number of hydrogen-bond donors (Lipinski definition) is 0. The van der Waals surface area contributed by atoms with Crippen LogP contribution in [0, 0.1) is 0 Å². The third-order valence-electron chi connectivity index (χ3n) is 1.93. The minimum atomic E-state index is -4.53. The van der Waals surface area contributed by atoms with E-state index in [4.69, 9.17) is 0 Å². The molecular weight excluding hydrogens is 273 g/mol. The molecular formula is C10H9F3O4S. The molecule has 18 heavy (non-hydrogen) atoms. The van der Waals surface area contributed by atoms with Crippen LogP contribution in [0.5, 0.6) is 5.75 Å². The quantitative estimate of drug-likeness (QED) is 0.791. The Morgan fingerprint density at radius 3 is 2.39 bits per heavy atom. The number of aldehydes is 1. The molecule has 0 heterocycles. The van der Waals surface area contributed by atoms with E-state index in [-0.39, 0.29) is 22.5 Å². The SMILES string of the molecule is CS(=O)(=O)c1ccc(OCC(F)(F)F)c(C=O)c1. The number of alkyl halides is 3. The lowest BCUT2D eigenvalue weighted by Gasteiger charge is -2.11. The van der Waals surface area contributed by atoms with E-state index in [0.717, 1.165) is 24.5 Å². The van der Waals surface area contributed by atoms with Gasteiger partial charge < -0.3 is 4.74 Å². The topological polar surface area (TPSA) is 60.4 Å². The molecule has 0 bridgehead atoms. The zero-order valence-electron chi connectivity index (χ0n) is 9.19. The Kier molecular flexibility index (Phi) is 4.00. The highest BCUT2D eigenvalue weighted by Crippen LogP contribution is 2.24. The van der Waals surface area contributed by atoms with Crippen molar-refractivity contribution in [2.45, 2.75) is 11.1 Å². The van der Waals surface area contributed by atoms with Gasteiger partial charge in [0.15, 0.2) is 22.7 Å². The Morgan fingerprint density at radius 2 is 1.94 bits per heavy atom. The summed E-state index contributed by atoms with van der Waals surface area (Å²) in [5.41, 5.74) is -0.248. The molecule has 0 radical (unpaired) electrons. The Bertz CT molecular complexity index is 549. The highest BCUT2D eigenvalue weighted by atomic mass is 32.2. The van der Waals surface area contributed by atoms with E-state index >= 15 is 0 Å². The number of benzene rings is 1. The average Bonchev–Trinajstić information content (AvgIpc) is 2.23. The zero-order valence-corrected chi connectivity index (χ0v) is 10.0. The molecule has 0 N–H and O–H groups in total. The standard InChI is InChI=1S/C10H9F3O4S/c1-18(15,16)8-2-3-9(7(4-8)5-14)17-6-10(11,12)13/h2-5H,6H2,1H3. The van der Waals surface area contributed by atoms with Crippen molar-refractivity contribution in [1.82, 2.24) is 0 Å². The maximum Gasteiger partial charge on any atom is 0.422 e. The van der Waals surface area contributed by atoms with Crippen molar-refractivity contribution < 1.29 is 31.1 Å². The van der Waals surface area contributed by atoms with Crippen LogP contribution in [0.1, 0.15) is 10.4 Å². The number of carbonyl (C=O) groups excluding carboxylic acids is 1. The number of hydrogen-bond acceptors (Lipinski definition) is 4. The molecule has 1 rings (SSSR count). The second-order valence-electron chi connectivity index (χ2n) is 3.49. The summed E-state index contributed by atoms with van der Waals surface area (Å²) < 4.78 is 62.6. The van der Waals surface area contributed by atoms with E-state index in [1.807, 2.05) is 0 Å². The third kappa shape index (κ3) is 4.02. The Balaban J connectivity index is 3.05. The molecule has 0 aliphatic rings. The second kappa shape index (κ2) is 4.97. The first-order valence-electron chi connectivity index (χ1n) is 4.62. The van der Waals surface area contributed by atoms with Gasteiger partial charge >= 0.3 is 6.18 Å². The smallest absolute Gasteiger partial charge is 0.422 e. The molecule has 0 fully saturated rings. The van der Waals surface area contributed by atoms with Gasteiger partial charge in [-0.1, -0.05) is 0 Å². The van der Waals surface area contributed by atoms with Crippen molar-refractivity contribution in [3.05, 3.63) is 23.8 Å². The number of ether oxygens (including phenoxy) is 1. The first-order chi connectivity index (χ1) is 8.13. The van der Waals surface area contributed by atoms with Crippen molar-refractivity contribution in [3.8, 4) is 5.75 Å². The van der Waals surface area contributed by atoms with E-state index in [1.165, 1.54) is 0 Å². The van der Waals surface area contributed by atoms with Gasteiger partial charge in [0, 0.05) is 6.26 Å². The summed E-state index contributed by atoms with van der Waals surface area (Å²) in [5.74, 6) is -0.310. The molecule has 0 aliphatic heterocycles. The Labute approximate surface area is 101 Å². The lowest BCUT2D eigenvalue weighted by molar-refractivity contribution is -0.153. The van der Waals surface area contributed by atoms with E-state index in [9.17, 15) is 26.4 Å². The van der Waals surface area contributed by atoms with Gasteiger partial charge in [-0.25, -0.2) is 8.42 Å². The molecule has 0 aromatic heterocycles. The number of carbonyl (C=O) groups is 1. The van der Waals surface area contributed by atoms with Crippen molar-refractivity contribution >= 4 is 16.1 Å². The van der Waals surface area contributed by atoms with E-state index in [2.05, 4.69) is 4.74 Å². The fraction of sp³-hybridized carbons (Fsp3) is 0.300. The lowest BCUT2D eigenvalue weighted by atomic mass is 10.2. The van der Waals surface area contributed by atoms with Crippen LogP contribution in [0.2, 0.25) is 0 Å². The van der Waals surface area contributed by atoms with Crippen LogP contribution in [0.15, 0.2) is 23.1 Å². The lowest BCUT2D eigenvalue weighted by Crippen LogP contribution is -2.19. The summed E-state index contributed by atoms with van der Waals surface area (Å²) in [6.07, 6.45) is -3.37. The van der Waals surface area contributed by atoms with Crippen LogP contribution in [-0.4, -0.2) is 33.7 Å². The molecule has 0 unspecified atom stereocenters. The van der Waals surface area contributed by atoms with Crippen molar-refractivity contribution in [2.75, 3.05) is 12.9 Å². The summed E-state index contributed by atoms with van der Waals surface area (Å²) in [6.45, 7) is -1.55. The van der Waals surface area contributed by atoms with E-state index in [1.54, 1.807) is 0 Å². The molecule has 8 heteroatoms. The maximum absolute atomic E-state index is 11.9. The molecule has 0 saturated heterocycles. The fourth-order valence-electron chi connectivity index (χ4n) is 1.14. The van der Waals surface area contributed by atoms with Gasteiger partial charge in [0.1, 0.15) is 5.75 Å². The van der Waals surface area contributed by atoms with Crippen LogP contribution >= 0.6 is 0 Å². The minimum absolute atomic E-state index is 0.163. The van der Waals surface area contributed by atoms with Crippen LogP contribution in [0.3, 0.4) is 0 Å². The van der Waals surface area contributed by atoms with Crippen LogP contribution in [0.4, 0.5) is 13.2 Å². The summed E-state index contributed by atoms with van der Waals surface area (Å²) >= 11 is 0. The molecule has 0 spiro atoms. The molecule has 0 amide bonds. The van der Waals surface area contributed by atoms with Gasteiger partial charge in [0.2, 0.25) is 0 Å². The monoisotopic (exact) mass is 282 g/mol. The number of rotatable bonds is 4. The highest BCUT2D eigenvalue weighted by molar-refractivity contribution is 7.90. The summed E-state index contributed by atoms with van der Waals surface area (Å²) in [7, 11) is -3.53. The van der Waals surface area contributed by atoms with Crippen molar-refractivity contribution in [2.24, 2.45) is 0 Å². The molecule has 1 aromatic rings. The summed E-state index contributed by atoms with van der Waals surface area (Å²) in [5, 5.41) is 0. The van der Waals surface area contributed by atoms with E-state index < -0.39 is 22.6 Å². The number of sulfone groups is 1. The largest absolute Gasteiger partial charge is 0.483 e.